The van der Waals surface area contributed by atoms with E-state index in [-0.39, 0.29) is 11.1 Å². The minimum absolute atomic E-state index is 0.241. The van der Waals surface area contributed by atoms with Crippen LogP contribution in [0.5, 0.6) is 0 Å². The van der Waals surface area contributed by atoms with Crippen molar-refractivity contribution < 1.29 is 39.6 Å². The molecule has 45 heavy (non-hydrogen) atoms. The van der Waals surface area contributed by atoms with E-state index in [1.807, 2.05) is 38.1 Å². The van der Waals surface area contributed by atoms with Crippen LogP contribution in [0, 0.1) is 27.7 Å². The maximum absolute atomic E-state index is 13.5. The molecular weight excluding hydrogens is 576 g/mol. The number of carbonyl (C=O) groups is 4. The minimum atomic E-state index is -1.99. The Hall–Kier alpha value is -4.28. The number of amides is 2. The van der Waals surface area contributed by atoms with Gasteiger partial charge in [0.1, 0.15) is 0 Å². The van der Waals surface area contributed by atoms with Crippen molar-refractivity contribution in [2.24, 2.45) is 0 Å². The van der Waals surface area contributed by atoms with Crippen molar-refractivity contribution in [2.45, 2.75) is 83.8 Å². The number of rotatable bonds is 14. The molecule has 2 aliphatic heterocycles. The van der Waals surface area contributed by atoms with Gasteiger partial charge in [0, 0.05) is 48.2 Å². The molecule has 4 rings (SSSR count). The van der Waals surface area contributed by atoms with Crippen LogP contribution in [0.2, 0.25) is 0 Å². The zero-order chi connectivity index (χ0) is 33.4. The van der Waals surface area contributed by atoms with E-state index in [0.29, 0.717) is 59.6 Å². The molecule has 2 unspecified atom stereocenters. The normalized spacial score (nSPS) is 20.4. The predicted molar refractivity (Wildman–Crippen MR) is 170 cm³/mol. The van der Waals surface area contributed by atoms with Gasteiger partial charge in [0.05, 0.1) is 11.4 Å². The Labute approximate surface area is 263 Å². The number of aliphatic carboxylic acids is 2. The van der Waals surface area contributed by atoms with Crippen molar-refractivity contribution >= 4 is 35.1 Å². The van der Waals surface area contributed by atoms with Gasteiger partial charge in [-0.3, -0.25) is 9.59 Å². The Morgan fingerprint density at radius 3 is 1.27 bits per heavy atom. The minimum Gasteiger partial charge on any atom is -0.478 e. The van der Waals surface area contributed by atoms with Crippen molar-refractivity contribution in [3.63, 3.8) is 0 Å². The molecule has 0 aromatic heterocycles. The lowest BCUT2D eigenvalue weighted by Gasteiger charge is -2.24. The molecule has 0 saturated carbocycles. The van der Waals surface area contributed by atoms with Crippen molar-refractivity contribution in [3.8, 4) is 0 Å². The predicted octanol–water partition coefficient (Wildman–Crippen LogP) is 4.70. The third-order valence-electron chi connectivity index (χ3n) is 9.05. The Bertz CT molecular complexity index is 1490. The number of hydrogen-bond acceptors (Lipinski definition) is 6. The summed E-state index contributed by atoms with van der Waals surface area (Å²) in [5.74, 6) is -3.62. The number of nitrogens with zero attached hydrogens (tertiary/aromatic N) is 2. The summed E-state index contributed by atoms with van der Waals surface area (Å²) >= 11 is 0. The van der Waals surface area contributed by atoms with E-state index in [0.717, 1.165) is 30.4 Å². The summed E-state index contributed by atoms with van der Waals surface area (Å²) in [5.41, 5.74) is 0.677. The van der Waals surface area contributed by atoms with Crippen molar-refractivity contribution in [1.29, 1.82) is 0 Å². The first-order chi connectivity index (χ1) is 21.1. The van der Waals surface area contributed by atoms with Crippen LogP contribution in [-0.4, -0.2) is 57.3 Å². The lowest BCUT2D eigenvalue weighted by molar-refractivity contribution is -0.139. The Morgan fingerprint density at radius 1 is 0.622 bits per heavy atom. The molecule has 0 radical (unpaired) electrons. The van der Waals surface area contributed by atoms with E-state index in [9.17, 15) is 39.6 Å². The number of carbonyl (C=O) groups excluding carboxylic acids is 2. The molecule has 10 nitrogen and oxygen atoms in total. The number of fused-ring (bicyclic) bond motifs is 2. The van der Waals surface area contributed by atoms with Crippen molar-refractivity contribution in [2.75, 3.05) is 22.9 Å². The molecule has 2 atom stereocenters. The van der Waals surface area contributed by atoms with Gasteiger partial charge in [-0.15, -0.1) is 0 Å². The molecule has 0 bridgehead atoms. The molecule has 0 saturated heterocycles. The van der Waals surface area contributed by atoms with Gasteiger partial charge in [0.25, 0.3) is 11.8 Å². The van der Waals surface area contributed by atoms with Gasteiger partial charge in [0.15, 0.2) is 11.2 Å². The molecule has 10 heteroatoms. The number of carboxylic acid groups (broad SMARTS) is 2. The molecule has 0 aliphatic carbocycles. The maximum Gasteiger partial charge on any atom is 0.331 e. The van der Waals surface area contributed by atoms with Crippen LogP contribution < -0.4 is 9.80 Å². The molecular formula is C35H42N2O8. The van der Waals surface area contributed by atoms with E-state index in [1.165, 1.54) is 0 Å². The van der Waals surface area contributed by atoms with Gasteiger partial charge in [-0.25, -0.2) is 9.59 Å². The first-order valence-electron chi connectivity index (χ1n) is 15.2. The summed E-state index contributed by atoms with van der Waals surface area (Å²) in [6.07, 6.45) is 2.86. The SMILES string of the molecule is C=C(CC1(O)C(=O)N(CCCCCCCN2C(=O)C(O)(CC(=C)C(=O)O)c3c(C)ccc(C)c32)c2c(C)ccc(C)c21)C(=O)O. The van der Waals surface area contributed by atoms with Gasteiger partial charge in [0.2, 0.25) is 0 Å². The fourth-order valence-corrected chi connectivity index (χ4v) is 6.79. The summed E-state index contributed by atoms with van der Waals surface area (Å²) < 4.78 is 0. The van der Waals surface area contributed by atoms with Crippen molar-refractivity contribution in [3.05, 3.63) is 82.0 Å². The summed E-state index contributed by atoms with van der Waals surface area (Å²) in [4.78, 5) is 53.2. The molecule has 240 valence electrons. The largest absolute Gasteiger partial charge is 0.478 e. The number of benzene rings is 2. The van der Waals surface area contributed by atoms with E-state index in [1.54, 1.807) is 23.6 Å². The van der Waals surface area contributed by atoms with Crippen LogP contribution in [0.15, 0.2) is 48.6 Å². The highest BCUT2D eigenvalue weighted by Crippen LogP contribution is 2.48. The monoisotopic (exact) mass is 618 g/mol. The number of aliphatic hydroxyl groups is 2. The average Bonchev–Trinajstić information content (AvgIpc) is 3.33. The highest BCUT2D eigenvalue weighted by molar-refractivity contribution is 6.10. The fourth-order valence-electron chi connectivity index (χ4n) is 6.79. The third-order valence-corrected chi connectivity index (χ3v) is 9.05. The number of anilines is 2. The highest BCUT2D eigenvalue weighted by atomic mass is 16.4. The summed E-state index contributed by atoms with van der Waals surface area (Å²) in [6.45, 7) is 15.1. The van der Waals surface area contributed by atoms with Gasteiger partial charge >= 0.3 is 11.9 Å². The number of hydrogen-bond donors (Lipinski definition) is 4. The Morgan fingerprint density at radius 2 is 0.933 bits per heavy atom. The highest BCUT2D eigenvalue weighted by Gasteiger charge is 2.53. The molecule has 4 N–H and O–H groups in total. The number of unbranched alkanes of at least 4 members (excludes halogenated alkanes) is 4. The topological polar surface area (TPSA) is 156 Å². The van der Waals surface area contributed by atoms with E-state index < -0.39 is 47.8 Å². The van der Waals surface area contributed by atoms with Crippen LogP contribution in [0.3, 0.4) is 0 Å². The van der Waals surface area contributed by atoms with Gasteiger partial charge < -0.3 is 30.2 Å². The van der Waals surface area contributed by atoms with Crippen LogP contribution in [-0.2, 0) is 30.4 Å². The third kappa shape index (κ3) is 5.92. The smallest absolute Gasteiger partial charge is 0.331 e. The Kier molecular flexibility index (Phi) is 9.42. The summed E-state index contributed by atoms with van der Waals surface area (Å²) in [6, 6.07) is 7.39. The zero-order valence-electron chi connectivity index (χ0n) is 26.4. The quantitative estimate of drug-likeness (QED) is 0.175. The van der Waals surface area contributed by atoms with Crippen LogP contribution in [0.1, 0.15) is 78.3 Å². The lowest BCUT2D eigenvalue weighted by atomic mass is 9.85. The molecule has 2 heterocycles. The van der Waals surface area contributed by atoms with E-state index in [2.05, 4.69) is 13.2 Å². The lowest BCUT2D eigenvalue weighted by Crippen LogP contribution is -2.41. The second-order valence-electron chi connectivity index (χ2n) is 12.4. The molecule has 2 aromatic rings. The summed E-state index contributed by atoms with van der Waals surface area (Å²) in [5, 5.41) is 41.8. The molecule has 2 amide bonds. The second kappa shape index (κ2) is 12.6. The van der Waals surface area contributed by atoms with Gasteiger partial charge in [-0.2, -0.15) is 0 Å². The van der Waals surface area contributed by atoms with Crippen molar-refractivity contribution in [1.82, 2.24) is 0 Å². The molecule has 2 aliphatic rings. The molecule has 0 fully saturated rings. The average molecular weight is 619 g/mol. The number of carboxylic acids is 2. The maximum atomic E-state index is 13.5. The first-order valence-corrected chi connectivity index (χ1v) is 15.2. The van der Waals surface area contributed by atoms with Crippen LogP contribution >= 0.6 is 0 Å². The first kappa shape index (κ1) is 33.6. The molecule has 2 aromatic carbocycles. The van der Waals surface area contributed by atoms with Crippen LogP contribution in [0.4, 0.5) is 11.4 Å². The Balaban J connectivity index is 1.38. The van der Waals surface area contributed by atoms with E-state index >= 15 is 0 Å². The molecule has 0 spiro atoms. The van der Waals surface area contributed by atoms with Gasteiger partial charge in [-0.1, -0.05) is 56.7 Å². The van der Waals surface area contributed by atoms with Crippen LogP contribution in [0.25, 0.3) is 0 Å². The standard InChI is InChI=1S/C35H42N2O8/c1-20-12-14-22(3)28-26(20)34(44,18-24(5)30(38)39)32(42)36(28)16-10-8-7-9-11-17-37-29-23(4)15-13-21(2)27(29)35(45,33(37)43)19-25(6)31(40)41/h12-15,44-45H,5-11,16-19H2,1-4H3,(H,38,39)(H,40,41). The fraction of sp³-hybridized carbons (Fsp3) is 0.429. The summed E-state index contributed by atoms with van der Waals surface area (Å²) in [7, 11) is 0. The number of aryl methyl sites for hydroxylation is 4. The second-order valence-corrected chi connectivity index (χ2v) is 12.4. The van der Waals surface area contributed by atoms with E-state index in [4.69, 9.17) is 0 Å². The van der Waals surface area contributed by atoms with Gasteiger partial charge in [-0.05, 0) is 62.8 Å². The zero-order valence-corrected chi connectivity index (χ0v) is 26.4.